The van der Waals surface area contributed by atoms with Crippen LogP contribution in [-0.2, 0) is 4.74 Å². The minimum absolute atomic E-state index is 0.227. The quantitative estimate of drug-likeness (QED) is 0.798. The molecular weight excluding hydrogens is 284 g/mol. The van der Waals surface area contributed by atoms with Gasteiger partial charge in [-0.3, -0.25) is 4.79 Å². The zero-order chi connectivity index (χ0) is 15.6. The van der Waals surface area contributed by atoms with Gasteiger partial charge < -0.3 is 24.9 Å². The first-order chi connectivity index (χ1) is 10.6. The maximum Gasteiger partial charge on any atom is 0.267 e. The Morgan fingerprint density at radius 2 is 2.18 bits per heavy atom. The number of amides is 1. The lowest BCUT2D eigenvalue weighted by Crippen LogP contribution is -2.46. The molecular formula is C16H20N2O4. The number of carbonyl (C=O) groups is 1. The molecule has 2 aromatic rings. The van der Waals surface area contributed by atoms with E-state index in [1.54, 1.807) is 13.2 Å². The van der Waals surface area contributed by atoms with E-state index in [-0.39, 0.29) is 12.5 Å². The van der Waals surface area contributed by atoms with Gasteiger partial charge in [-0.15, -0.1) is 0 Å². The first-order valence-corrected chi connectivity index (χ1v) is 7.35. The summed E-state index contributed by atoms with van der Waals surface area (Å²) < 4.78 is 10.4. The van der Waals surface area contributed by atoms with Crippen LogP contribution >= 0.6 is 0 Å². The fourth-order valence-electron chi connectivity index (χ4n) is 2.62. The Morgan fingerprint density at radius 3 is 2.91 bits per heavy atom. The van der Waals surface area contributed by atoms with Crippen LogP contribution in [0.15, 0.2) is 24.3 Å². The van der Waals surface area contributed by atoms with E-state index in [9.17, 15) is 9.90 Å². The summed E-state index contributed by atoms with van der Waals surface area (Å²) in [6.45, 7) is 1.28. The number of carbonyl (C=O) groups excluding carboxylic acids is 1. The highest BCUT2D eigenvalue weighted by molar-refractivity contribution is 5.98. The van der Waals surface area contributed by atoms with Gasteiger partial charge in [0.1, 0.15) is 11.4 Å². The molecule has 2 heterocycles. The third kappa shape index (κ3) is 3.08. The van der Waals surface area contributed by atoms with E-state index in [0.29, 0.717) is 31.7 Å². The Labute approximate surface area is 128 Å². The van der Waals surface area contributed by atoms with Crippen molar-refractivity contribution < 1.29 is 19.4 Å². The minimum atomic E-state index is -0.872. The normalized spacial score (nSPS) is 17.4. The third-order valence-electron chi connectivity index (χ3n) is 4.08. The lowest BCUT2D eigenvalue weighted by atomic mass is 9.94. The van der Waals surface area contributed by atoms with Crippen molar-refractivity contribution in [3.63, 3.8) is 0 Å². The van der Waals surface area contributed by atoms with Crippen molar-refractivity contribution in [3.05, 3.63) is 30.0 Å². The highest BCUT2D eigenvalue weighted by atomic mass is 16.5. The molecule has 0 atom stereocenters. The van der Waals surface area contributed by atoms with Crippen LogP contribution < -0.4 is 10.1 Å². The van der Waals surface area contributed by atoms with Gasteiger partial charge in [-0.1, -0.05) is 0 Å². The van der Waals surface area contributed by atoms with Crippen LogP contribution in [0.25, 0.3) is 10.9 Å². The molecule has 1 aliphatic rings. The molecule has 0 aliphatic carbocycles. The molecule has 118 valence electrons. The van der Waals surface area contributed by atoms with Crippen LogP contribution in [0.2, 0.25) is 0 Å². The van der Waals surface area contributed by atoms with Gasteiger partial charge in [0.05, 0.1) is 12.7 Å². The molecule has 1 aromatic carbocycles. The van der Waals surface area contributed by atoms with Crippen LogP contribution in [0.3, 0.4) is 0 Å². The van der Waals surface area contributed by atoms with Crippen LogP contribution in [0.5, 0.6) is 5.75 Å². The average molecular weight is 304 g/mol. The van der Waals surface area contributed by atoms with E-state index in [1.165, 1.54) is 0 Å². The van der Waals surface area contributed by atoms with Crippen molar-refractivity contribution in [2.24, 2.45) is 0 Å². The minimum Gasteiger partial charge on any atom is -0.497 e. The maximum atomic E-state index is 12.2. The number of aliphatic hydroxyl groups is 1. The van der Waals surface area contributed by atoms with Crippen molar-refractivity contribution in [1.29, 1.82) is 0 Å². The number of fused-ring (bicyclic) bond motifs is 1. The summed E-state index contributed by atoms with van der Waals surface area (Å²) in [5.41, 5.74) is 0.441. The van der Waals surface area contributed by atoms with Gasteiger partial charge in [-0.25, -0.2) is 0 Å². The number of H-pyrrole nitrogens is 1. The van der Waals surface area contributed by atoms with E-state index in [4.69, 9.17) is 9.47 Å². The van der Waals surface area contributed by atoms with E-state index in [0.717, 1.165) is 16.7 Å². The molecule has 6 heteroatoms. The predicted molar refractivity (Wildman–Crippen MR) is 82.2 cm³/mol. The van der Waals surface area contributed by atoms with Crippen molar-refractivity contribution in [2.45, 2.75) is 18.4 Å². The molecule has 0 unspecified atom stereocenters. The van der Waals surface area contributed by atoms with Gasteiger partial charge in [0.2, 0.25) is 0 Å². The second-order valence-electron chi connectivity index (χ2n) is 5.66. The van der Waals surface area contributed by atoms with Crippen LogP contribution in [0.1, 0.15) is 23.3 Å². The average Bonchev–Trinajstić information content (AvgIpc) is 2.96. The van der Waals surface area contributed by atoms with Gasteiger partial charge in [0.25, 0.3) is 5.91 Å². The van der Waals surface area contributed by atoms with Crippen LogP contribution in [-0.4, -0.2) is 48.5 Å². The number of aromatic amines is 1. The standard InChI is InChI=1S/C16H20N2O4/c1-21-12-3-2-11-8-14(18-13(11)9-12)15(19)17-10-16(20)4-6-22-7-5-16/h2-3,8-9,18,20H,4-7,10H2,1H3,(H,17,19). The van der Waals surface area contributed by atoms with Crippen molar-refractivity contribution in [2.75, 3.05) is 26.9 Å². The number of methoxy groups -OCH3 is 1. The van der Waals surface area contributed by atoms with E-state index in [1.807, 2.05) is 18.2 Å². The second kappa shape index (κ2) is 5.98. The zero-order valence-corrected chi connectivity index (χ0v) is 12.5. The number of rotatable bonds is 4. The first kappa shape index (κ1) is 14.9. The zero-order valence-electron chi connectivity index (χ0n) is 12.5. The summed E-state index contributed by atoms with van der Waals surface area (Å²) in [5.74, 6) is 0.507. The number of nitrogens with one attached hydrogen (secondary N) is 2. The number of aromatic nitrogens is 1. The predicted octanol–water partition coefficient (Wildman–Crippen LogP) is 1.45. The molecule has 22 heavy (non-hydrogen) atoms. The number of ether oxygens (including phenoxy) is 2. The lowest BCUT2D eigenvalue weighted by Gasteiger charge is -2.31. The lowest BCUT2D eigenvalue weighted by molar-refractivity contribution is -0.0605. The van der Waals surface area contributed by atoms with Gasteiger partial charge in [-0.2, -0.15) is 0 Å². The maximum absolute atomic E-state index is 12.2. The van der Waals surface area contributed by atoms with E-state index >= 15 is 0 Å². The Balaban J connectivity index is 1.69. The monoisotopic (exact) mass is 304 g/mol. The first-order valence-electron chi connectivity index (χ1n) is 7.35. The Bertz CT molecular complexity index is 674. The molecule has 1 aliphatic heterocycles. The van der Waals surface area contributed by atoms with Crippen molar-refractivity contribution >= 4 is 16.8 Å². The number of benzene rings is 1. The molecule has 1 amide bonds. The largest absolute Gasteiger partial charge is 0.497 e. The smallest absolute Gasteiger partial charge is 0.267 e. The molecule has 3 rings (SSSR count). The highest BCUT2D eigenvalue weighted by Gasteiger charge is 2.30. The summed E-state index contributed by atoms with van der Waals surface area (Å²) in [7, 11) is 1.60. The van der Waals surface area contributed by atoms with Gasteiger partial charge in [0, 0.05) is 49.6 Å². The molecule has 3 N–H and O–H groups in total. The summed E-state index contributed by atoms with van der Waals surface area (Å²) >= 11 is 0. The van der Waals surface area contributed by atoms with Gasteiger partial charge in [0.15, 0.2) is 0 Å². The molecule has 1 fully saturated rings. The van der Waals surface area contributed by atoms with Crippen LogP contribution in [0, 0.1) is 0 Å². The summed E-state index contributed by atoms with van der Waals surface area (Å²) in [6.07, 6.45) is 1.08. The number of hydrogen-bond donors (Lipinski definition) is 3. The fourth-order valence-corrected chi connectivity index (χ4v) is 2.62. The van der Waals surface area contributed by atoms with E-state index < -0.39 is 5.60 Å². The molecule has 0 radical (unpaired) electrons. The number of hydrogen-bond acceptors (Lipinski definition) is 4. The third-order valence-corrected chi connectivity index (χ3v) is 4.08. The summed E-state index contributed by atoms with van der Waals surface area (Å²) in [6, 6.07) is 7.38. The molecule has 1 aromatic heterocycles. The fraction of sp³-hybridized carbons (Fsp3) is 0.438. The molecule has 0 bridgehead atoms. The van der Waals surface area contributed by atoms with Crippen molar-refractivity contribution in [3.8, 4) is 5.75 Å². The second-order valence-corrected chi connectivity index (χ2v) is 5.66. The molecule has 6 nitrogen and oxygen atoms in total. The van der Waals surface area contributed by atoms with Crippen LogP contribution in [0.4, 0.5) is 0 Å². The molecule has 0 spiro atoms. The molecule has 1 saturated heterocycles. The Kier molecular flexibility index (Phi) is 4.04. The van der Waals surface area contributed by atoms with Gasteiger partial charge >= 0.3 is 0 Å². The highest BCUT2D eigenvalue weighted by Crippen LogP contribution is 2.22. The van der Waals surface area contributed by atoms with Gasteiger partial charge in [-0.05, 0) is 18.2 Å². The molecule has 0 saturated carbocycles. The SMILES string of the molecule is COc1ccc2cc(C(=O)NCC3(O)CCOCC3)[nH]c2c1. The van der Waals surface area contributed by atoms with Crippen molar-refractivity contribution in [1.82, 2.24) is 10.3 Å². The summed E-state index contributed by atoms with van der Waals surface area (Å²) in [5, 5.41) is 14.1. The Hall–Kier alpha value is -2.05. The van der Waals surface area contributed by atoms with E-state index in [2.05, 4.69) is 10.3 Å². The Morgan fingerprint density at radius 1 is 1.41 bits per heavy atom. The summed E-state index contributed by atoms with van der Waals surface area (Å²) in [4.78, 5) is 15.3. The topological polar surface area (TPSA) is 83.6 Å².